The molecular weight excluding hydrogens is 204 g/mol. The second-order valence-corrected chi connectivity index (χ2v) is 3.67. The first kappa shape index (κ1) is 12.9. The molecule has 0 aromatic carbocycles. The fourth-order valence-corrected chi connectivity index (χ4v) is 1.39. The standard InChI is InChI=1S/C12H20N2O2/c1-4-16-12-7-11(5-6-13-12)8-14-10(2)9-15-3/h5-7,10,14H,4,8-9H2,1-3H3. The van der Waals surface area contributed by atoms with Gasteiger partial charge in [0.25, 0.3) is 0 Å². The summed E-state index contributed by atoms with van der Waals surface area (Å²) < 4.78 is 10.4. The van der Waals surface area contributed by atoms with Crippen molar-refractivity contribution in [3.8, 4) is 5.88 Å². The first-order chi connectivity index (χ1) is 7.76. The van der Waals surface area contributed by atoms with Gasteiger partial charge in [-0.05, 0) is 25.5 Å². The number of methoxy groups -OCH3 is 1. The number of hydrogen-bond donors (Lipinski definition) is 1. The van der Waals surface area contributed by atoms with Gasteiger partial charge in [-0.1, -0.05) is 0 Å². The average Bonchev–Trinajstić information content (AvgIpc) is 2.28. The summed E-state index contributed by atoms with van der Waals surface area (Å²) in [5.74, 6) is 0.682. The van der Waals surface area contributed by atoms with Crippen molar-refractivity contribution in [1.29, 1.82) is 0 Å². The van der Waals surface area contributed by atoms with Crippen LogP contribution in [0.2, 0.25) is 0 Å². The molecule has 1 atom stereocenters. The highest BCUT2D eigenvalue weighted by Crippen LogP contribution is 2.09. The number of rotatable bonds is 7. The SMILES string of the molecule is CCOc1cc(CNC(C)COC)ccn1. The highest BCUT2D eigenvalue weighted by Gasteiger charge is 2.01. The Kier molecular flexibility index (Phi) is 5.82. The quantitative estimate of drug-likeness (QED) is 0.764. The molecule has 1 heterocycles. The lowest BCUT2D eigenvalue weighted by atomic mass is 10.2. The molecule has 4 nitrogen and oxygen atoms in total. The lowest BCUT2D eigenvalue weighted by Crippen LogP contribution is -2.29. The fraction of sp³-hybridized carbons (Fsp3) is 0.583. The summed E-state index contributed by atoms with van der Waals surface area (Å²) >= 11 is 0. The third-order valence-electron chi connectivity index (χ3n) is 2.16. The molecule has 0 aliphatic heterocycles. The number of ether oxygens (including phenoxy) is 2. The van der Waals surface area contributed by atoms with Crippen LogP contribution in [-0.4, -0.2) is 31.3 Å². The highest BCUT2D eigenvalue weighted by atomic mass is 16.5. The van der Waals surface area contributed by atoms with Gasteiger partial charge in [-0.2, -0.15) is 0 Å². The Bertz CT molecular complexity index is 305. The van der Waals surface area contributed by atoms with Crippen LogP contribution in [0.15, 0.2) is 18.3 Å². The van der Waals surface area contributed by atoms with E-state index in [9.17, 15) is 0 Å². The van der Waals surface area contributed by atoms with Gasteiger partial charge in [0.2, 0.25) is 5.88 Å². The van der Waals surface area contributed by atoms with Crippen LogP contribution >= 0.6 is 0 Å². The van der Waals surface area contributed by atoms with E-state index >= 15 is 0 Å². The van der Waals surface area contributed by atoms with E-state index in [-0.39, 0.29) is 0 Å². The van der Waals surface area contributed by atoms with Crippen LogP contribution in [0.3, 0.4) is 0 Å². The molecular formula is C12H20N2O2. The average molecular weight is 224 g/mol. The Hall–Kier alpha value is -1.13. The molecule has 0 bridgehead atoms. The van der Waals surface area contributed by atoms with Crippen LogP contribution in [0.4, 0.5) is 0 Å². The highest BCUT2D eigenvalue weighted by molar-refractivity contribution is 5.20. The van der Waals surface area contributed by atoms with Crippen LogP contribution in [0.1, 0.15) is 19.4 Å². The van der Waals surface area contributed by atoms with Gasteiger partial charge in [0.05, 0.1) is 13.2 Å². The minimum absolute atomic E-state index is 0.341. The monoisotopic (exact) mass is 224 g/mol. The first-order valence-electron chi connectivity index (χ1n) is 5.56. The second-order valence-electron chi connectivity index (χ2n) is 3.67. The van der Waals surface area contributed by atoms with Crippen molar-refractivity contribution in [1.82, 2.24) is 10.3 Å². The molecule has 0 saturated carbocycles. The molecule has 1 N–H and O–H groups in total. The minimum Gasteiger partial charge on any atom is -0.478 e. The zero-order valence-corrected chi connectivity index (χ0v) is 10.2. The lowest BCUT2D eigenvalue weighted by Gasteiger charge is -2.12. The summed E-state index contributed by atoms with van der Waals surface area (Å²) in [6.07, 6.45) is 1.77. The molecule has 0 aliphatic carbocycles. The van der Waals surface area contributed by atoms with Crippen molar-refractivity contribution >= 4 is 0 Å². The van der Waals surface area contributed by atoms with Gasteiger partial charge in [0.15, 0.2) is 0 Å². The van der Waals surface area contributed by atoms with Gasteiger partial charge in [0, 0.05) is 32.0 Å². The van der Waals surface area contributed by atoms with E-state index in [1.54, 1.807) is 13.3 Å². The zero-order valence-electron chi connectivity index (χ0n) is 10.2. The van der Waals surface area contributed by atoms with E-state index in [4.69, 9.17) is 9.47 Å². The van der Waals surface area contributed by atoms with Gasteiger partial charge in [-0.15, -0.1) is 0 Å². The number of aromatic nitrogens is 1. The molecule has 16 heavy (non-hydrogen) atoms. The third kappa shape index (κ3) is 4.59. The molecule has 0 spiro atoms. The van der Waals surface area contributed by atoms with Crippen LogP contribution in [0.5, 0.6) is 5.88 Å². The topological polar surface area (TPSA) is 43.4 Å². The van der Waals surface area contributed by atoms with Crippen LogP contribution < -0.4 is 10.1 Å². The zero-order chi connectivity index (χ0) is 11.8. The summed E-state index contributed by atoms with van der Waals surface area (Å²) in [4.78, 5) is 4.12. The van der Waals surface area contributed by atoms with Gasteiger partial charge in [0.1, 0.15) is 0 Å². The molecule has 0 saturated heterocycles. The maximum atomic E-state index is 5.34. The largest absolute Gasteiger partial charge is 0.478 e. The molecule has 0 radical (unpaired) electrons. The smallest absolute Gasteiger partial charge is 0.213 e. The molecule has 4 heteroatoms. The first-order valence-corrected chi connectivity index (χ1v) is 5.56. The van der Waals surface area contributed by atoms with E-state index < -0.39 is 0 Å². The van der Waals surface area contributed by atoms with Gasteiger partial charge >= 0.3 is 0 Å². The Morgan fingerprint density at radius 3 is 3.00 bits per heavy atom. The van der Waals surface area contributed by atoms with Gasteiger partial charge in [-0.25, -0.2) is 4.98 Å². The molecule has 0 aliphatic rings. The minimum atomic E-state index is 0.341. The van der Waals surface area contributed by atoms with Crippen molar-refractivity contribution in [3.05, 3.63) is 23.9 Å². The molecule has 1 aromatic rings. The normalized spacial score (nSPS) is 12.4. The van der Waals surface area contributed by atoms with Crippen LogP contribution in [0.25, 0.3) is 0 Å². The summed E-state index contributed by atoms with van der Waals surface area (Å²) in [6.45, 7) is 6.20. The maximum Gasteiger partial charge on any atom is 0.213 e. The van der Waals surface area contributed by atoms with Crippen molar-refractivity contribution in [2.75, 3.05) is 20.3 Å². The maximum absolute atomic E-state index is 5.34. The van der Waals surface area contributed by atoms with E-state index in [1.165, 1.54) is 5.56 Å². The predicted octanol–water partition coefficient (Wildman–Crippen LogP) is 1.60. The second kappa shape index (κ2) is 7.19. The lowest BCUT2D eigenvalue weighted by molar-refractivity contribution is 0.171. The van der Waals surface area contributed by atoms with E-state index in [1.807, 2.05) is 19.1 Å². The van der Waals surface area contributed by atoms with Gasteiger partial charge < -0.3 is 14.8 Å². The van der Waals surface area contributed by atoms with Crippen LogP contribution in [0, 0.1) is 0 Å². The fourth-order valence-electron chi connectivity index (χ4n) is 1.39. The molecule has 90 valence electrons. The van der Waals surface area contributed by atoms with Crippen molar-refractivity contribution in [2.45, 2.75) is 26.4 Å². The third-order valence-corrected chi connectivity index (χ3v) is 2.16. The number of pyridine rings is 1. The predicted molar refractivity (Wildman–Crippen MR) is 63.6 cm³/mol. The molecule has 1 aromatic heterocycles. The van der Waals surface area contributed by atoms with Crippen molar-refractivity contribution in [2.24, 2.45) is 0 Å². The Morgan fingerprint density at radius 2 is 2.31 bits per heavy atom. The van der Waals surface area contributed by atoms with Crippen molar-refractivity contribution < 1.29 is 9.47 Å². The number of nitrogens with zero attached hydrogens (tertiary/aromatic N) is 1. The Labute approximate surface area is 97.0 Å². The van der Waals surface area contributed by atoms with E-state index in [2.05, 4.69) is 17.2 Å². The molecule has 0 fully saturated rings. The van der Waals surface area contributed by atoms with Crippen LogP contribution in [-0.2, 0) is 11.3 Å². The molecule has 0 amide bonds. The van der Waals surface area contributed by atoms with E-state index in [0.29, 0.717) is 25.1 Å². The molecule has 1 unspecified atom stereocenters. The summed E-state index contributed by atoms with van der Waals surface area (Å²) in [7, 11) is 1.71. The van der Waals surface area contributed by atoms with Gasteiger partial charge in [-0.3, -0.25) is 0 Å². The summed E-state index contributed by atoms with van der Waals surface area (Å²) in [6, 6.07) is 4.28. The Balaban J connectivity index is 2.44. The van der Waals surface area contributed by atoms with Crippen molar-refractivity contribution in [3.63, 3.8) is 0 Å². The summed E-state index contributed by atoms with van der Waals surface area (Å²) in [5.41, 5.74) is 1.17. The summed E-state index contributed by atoms with van der Waals surface area (Å²) in [5, 5.41) is 3.36. The van der Waals surface area contributed by atoms with E-state index in [0.717, 1.165) is 6.54 Å². The Morgan fingerprint density at radius 1 is 1.50 bits per heavy atom. The number of hydrogen-bond acceptors (Lipinski definition) is 4. The number of nitrogens with one attached hydrogen (secondary N) is 1. The molecule has 1 rings (SSSR count).